The zero-order valence-electron chi connectivity index (χ0n) is 20.4. The standard InChI is InChI=1S/C25H26N6O5/c1-5-31-23(25(34)28-20-12-26-30(4)15(20)2)21(13-27-31)29-24(33)22-11-10-19(36-22)14-35-18-8-6-17(7-9-18)16(3)32/h6-13H,5,14H2,1-4H3,(H,28,34)(H,29,33). The number of furan rings is 1. The zero-order chi connectivity index (χ0) is 25.8. The Kier molecular flexibility index (Phi) is 7.00. The Hall–Kier alpha value is -4.67. The molecule has 2 N–H and O–H groups in total. The van der Waals surface area contributed by atoms with Crippen molar-refractivity contribution in [1.29, 1.82) is 0 Å². The van der Waals surface area contributed by atoms with E-state index in [9.17, 15) is 14.4 Å². The summed E-state index contributed by atoms with van der Waals surface area (Å²) in [6.07, 6.45) is 2.98. The van der Waals surface area contributed by atoms with E-state index >= 15 is 0 Å². The van der Waals surface area contributed by atoms with Gasteiger partial charge in [-0.05, 0) is 57.2 Å². The van der Waals surface area contributed by atoms with E-state index < -0.39 is 11.8 Å². The number of carbonyl (C=O) groups is 3. The van der Waals surface area contributed by atoms with Gasteiger partial charge in [-0.15, -0.1) is 0 Å². The molecule has 4 rings (SSSR count). The summed E-state index contributed by atoms with van der Waals surface area (Å²) in [5, 5.41) is 13.8. The van der Waals surface area contributed by atoms with Crippen LogP contribution in [0, 0.1) is 6.92 Å². The smallest absolute Gasteiger partial charge is 0.291 e. The van der Waals surface area contributed by atoms with Gasteiger partial charge < -0.3 is 19.8 Å². The number of aryl methyl sites for hydroxylation is 2. The van der Waals surface area contributed by atoms with Crippen molar-refractivity contribution < 1.29 is 23.5 Å². The van der Waals surface area contributed by atoms with Crippen molar-refractivity contribution in [3.63, 3.8) is 0 Å². The Bertz CT molecular complexity index is 1410. The fourth-order valence-corrected chi connectivity index (χ4v) is 3.46. The average molecular weight is 491 g/mol. The highest BCUT2D eigenvalue weighted by Crippen LogP contribution is 2.21. The molecule has 3 aromatic heterocycles. The Morgan fingerprint density at radius 1 is 0.972 bits per heavy atom. The maximum atomic E-state index is 13.0. The molecule has 36 heavy (non-hydrogen) atoms. The zero-order valence-corrected chi connectivity index (χ0v) is 20.4. The first-order chi connectivity index (χ1) is 17.3. The van der Waals surface area contributed by atoms with Gasteiger partial charge in [0.2, 0.25) is 0 Å². The fraction of sp³-hybridized carbons (Fsp3) is 0.240. The summed E-state index contributed by atoms with van der Waals surface area (Å²) in [4.78, 5) is 37.2. The summed E-state index contributed by atoms with van der Waals surface area (Å²) in [7, 11) is 1.78. The van der Waals surface area contributed by atoms with Gasteiger partial charge in [0.15, 0.2) is 11.5 Å². The molecule has 0 aliphatic carbocycles. The molecule has 0 spiro atoms. The van der Waals surface area contributed by atoms with Crippen molar-refractivity contribution in [2.24, 2.45) is 7.05 Å². The van der Waals surface area contributed by atoms with Crippen molar-refractivity contribution in [3.8, 4) is 5.75 Å². The van der Waals surface area contributed by atoms with Crippen LogP contribution >= 0.6 is 0 Å². The molecule has 3 heterocycles. The van der Waals surface area contributed by atoms with Gasteiger partial charge in [0.25, 0.3) is 11.8 Å². The number of nitrogens with zero attached hydrogens (tertiary/aromatic N) is 4. The predicted octanol–water partition coefficient (Wildman–Crippen LogP) is 3.82. The Morgan fingerprint density at radius 2 is 1.67 bits per heavy atom. The lowest BCUT2D eigenvalue weighted by Crippen LogP contribution is -2.21. The fourth-order valence-electron chi connectivity index (χ4n) is 3.46. The Morgan fingerprint density at radius 3 is 2.31 bits per heavy atom. The Labute approximate surface area is 207 Å². The van der Waals surface area contributed by atoms with Crippen LogP contribution in [0.4, 0.5) is 11.4 Å². The van der Waals surface area contributed by atoms with Crippen LogP contribution in [-0.4, -0.2) is 37.2 Å². The van der Waals surface area contributed by atoms with Gasteiger partial charge >= 0.3 is 0 Å². The van der Waals surface area contributed by atoms with Crippen LogP contribution in [0.5, 0.6) is 5.75 Å². The number of carbonyl (C=O) groups excluding carboxylic acids is 3. The first-order valence-electron chi connectivity index (χ1n) is 11.3. The van der Waals surface area contributed by atoms with E-state index in [4.69, 9.17) is 9.15 Å². The van der Waals surface area contributed by atoms with E-state index in [1.54, 1.807) is 48.3 Å². The summed E-state index contributed by atoms with van der Waals surface area (Å²) in [6, 6.07) is 9.90. The van der Waals surface area contributed by atoms with Crippen LogP contribution in [-0.2, 0) is 20.2 Å². The van der Waals surface area contributed by atoms with Crippen LogP contribution in [0.15, 0.2) is 53.2 Å². The van der Waals surface area contributed by atoms with Gasteiger partial charge in [-0.3, -0.25) is 23.7 Å². The lowest BCUT2D eigenvalue weighted by molar-refractivity contribution is 0.0990. The highest BCUT2D eigenvalue weighted by atomic mass is 16.5. The third-order valence-corrected chi connectivity index (χ3v) is 5.61. The van der Waals surface area contributed by atoms with E-state index in [2.05, 4.69) is 20.8 Å². The number of amides is 2. The number of anilines is 2. The monoisotopic (exact) mass is 490 g/mol. The number of aromatic nitrogens is 4. The molecule has 0 fully saturated rings. The summed E-state index contributed by atoms with van der Waals surface area (Å²) >= 11 is 0. The van der Waals surface area contributed by atoms with Crippen molar-refractivity contribution in [2.45, 2.75) is 33.9 Å². The first-order valence-corrected chi connectivity index (χ1v) is 11.3. The third kappa shape index (κ3) is 5.19. The van der Waals surface area contributed by atoms with Crippen LogP contribution in [0.1, 0.15) is 56.7 Å². The molecule has 11 heteroatoms. The van der Waals surface area contributed by atoms with Gasteiger partial charge in [-0.2, -0.15) is 10.2 Å². The maximum absolute atomic E-state index is 13.0. The average Bonchev–Trinajstić information content (AvgIpc) is 3.58. The number of ketones is 1. The topological polar surface area (TPSA) is 133 Å². The quantitative estimate of drug-likeness (QED) is 0.341. The second-order valence-electron chi connectivity index (χ2n) is 8.03. The predicted molar refractivity (Wildman–Crippen MR) is 131 cm³/mol. The minimum Gasteiger partial charge on any atom is -0.486 e. The summed E-state index contributed by atoms with van der Waals surface area (Å²) in [6.45, 7) is 5.70. The van der Waals surface area contributed by atoms with Gasteiger partial charge in [0.1, 0.15) is 23.8 Å². The van der Waals surface area contributed by atoms with Crippen molar-refractivity contribution in [1.82, 2.24) is 19.6 Å². The molecule has 0 atom stereocenters. The van der Waals surface area contributed by atoms with Gasteiger partial charge in [-0.25, -0.2) is 0 Å². The number of benzene rings is 1. The van der Waals surface area contributed by atoms with Crippen LogP contribution in [0.3, 0.4) is 0 Å². The van der Waals surface area contributed by atoms with Crippen molar-refractivity contribution in [3.05, 3.63) is 77.3 Å². The molecular formula is C25H26N6O5. The van der Waals surface area contributed by atoms with E-state index in [-0.39, 0.29) is 29.5 Å². The number of hydrogen-bond acceptors (Lipinski definition) is 7. The Balaban J connectivity index is 1.43. The molecule has 0 bridgehead atoms. The first kappa shape index (κ1) is 24.5. The number of Topliss-reactive ketones (excluding diaryl/α,β-unsaturated/α-hetero) is 1. The molecule has 186 valence electrons. The normalized spacial score (nSPS) is 10.8. The minimum absolute atomic E-state index is 0.0273. The number of ether oxygens (including phenoxy) is 1. The van der Waals surface area contributed by atoms with Crippen molar-refractivity contribution >= 4 is 29.0 Å². The largest absolute Gasteiger partial charge is 0.486 e. The van der Waals surface area contributed by atoms with Crippen molar-refractivity contribution in [2.75, 3.05) is 10.6 Å². The van der Waals surface area contributed by atoms with Crippen LogP contribution < -0.4 is 15.4 Å². The molecule has 0 saturated carbocycles. The minimum atomic E-state index is -0.533. The van der Waals surface area contributed by atoms with Gasteiger partial charge in [0, 0.05) is 19.2 Å². The molecule has 0 aliphatic rings. The van der Waals surface area contributed by atoms with Crippen LogP contribution in [0.25, 0.3) is 0 Å². The number of nitrogens with one attached hydrogen (secondary N) is 2. The number of rotatable bonds is 9. The van der Waals surface area contributed by atoms with Gasteiger partial charge in [-0.1, -0.05) is 0 Å². The molecule has 0 aliphatic heterocycles. The van der Waals surface area contributed by atoms with E-state index in [1.165, 1.54) is 23.9 Å². The molecule has 2 amide bonds. The summed E-state index contributed by atoms with van der Waals surface area (Å²) in [5.41, 5.74) is 2.40. The van der Waals surface area contributed by atoms with E-state index in [0.717, 1.165) is 5.69 Å². The van der Waals surface area contributed by atoms with E-state index in [1.807, 2.05) is 13.8 Å². The van der Waals surface area contributed by atoms with Crippen LogP contribution in [0.2, 0.25) is 0 Å². The third-order valence-electron chi connectivity index (χ3n) is 5.61. The SMILES string of the molecule is CCn1ncc(NC(=O)c2ccc(COc3ccc(C(C)=O)cc3)o2)c1C(=O)Nc1cnn(C)c1C. The maximum Gasteiger partial charge on any atom is 0.291 e. The highest BCUT2D eigenvalue weighted by molar-refractivity contribution is 6.11. The molecule has 0 radical (unpaired) electrons. The number of hydrogen-bond donors (Lipinski definition) is 2. The summed E-state index contributed by atoms with van der Waals surface area (Å²) in [5.74, 6) is 0.0677. The summed E-state index contributed by atoms with van der Waals surface area (Å²) < 4.78 is 14.4. The second-order valence-corrected chi connectivity index (χ2v) is 8.03. The molecule has 1 aromatic carbocycles. The molecule has 4 aromatic rings. The highest BCUT2D eigenvalue weighted by Gasteiger charge is 2.22. The molecule has 11 nitrogen and oxygen atoms in total. The second kappa shape index (κ2) is 10.3. The lowest BCUT2D eigenvalue weighted by atomic mass is 10.1. The van der Waals surface area contributed by atoms with Gasteiger partial charge in [0.05, 0.1) is 29.5 Å². The van der Waals surface area contributed by atoms with E-state index in [0.29, 0.717) is 29.3 Å². The molecule has 0 unspecified atom stereocenters. The molecular weight excluding hydrogens is 464 g/mol. The molecule has 0 saturated heterocycles. The lowest BCUT2D eigenvalue weighted by Gasteiger charge is -2.09.